The molecule has 0 spiro atoms. The van der Waals surface area contributed by atoms with Gasteiger partial charge in [-0.3, -0.25) is 0 Å². The standard InChI is InChI=1S/C13H16FN3O3S/c1-10(18)6-7-16-21(19,20)11-8-15-17(9-11)13-5-3-2-4-12(13)14/h2-5,8-10,16,18H,6-7H2,1H3. The topological polar surface area (TPSA) is 84.2 Å². The molecule has 8 heteroatoms. The van der Waals surface area contributed by atoms with Gasteiger partial charge in [0.05, 0.1) is 18.5 Å². The minimum atomic E-state index is -3.72. The zero-order chi connectivity index (χ0) is 15.5. The quantitative estimate of drug-likeness (QED) is 0.835. The largest absolute Gasteiger partial charge is 0.393 e. The van der Waals surface area contributed by atoms with Crippen LogP contribution in [0.2, 0.25) is 0 Å². The van der Waals surface area contributed by atoms with Crippen LogP contribution in [0, 0.1) is 5.82 Å². The number of hydrogen-bond donors (Lipinski definition) is 2. The number of halogens is 1. The third kappa shape index (κ3) is 3.87. The summed E-state index contributed by atoms with van der Waals surface area (Å²) in [6.45, 7) is 1.69. The van der Waals surface area contributed by atoms with Crippen molar-refractivity contribution in [3.63, 3.8) is 0 Å². The minimum absolute atomic E-state index is 0.0589. The number of benzene rings is 1. The molecule has 0 aliphatic carbocycles. The predicted molar refractivity (Wildman–Crippen MR) is 75.0 cm³/mol. The maximum atomic E-state index is 13.6. The SMILES string of the molecule is CC(O)CCNS(=O)(=O)c1cnn(-c2ccccc2F)c1. The Bertz CT molecular complexity index is 713. The van der Waals surface area contributed by atoms with Gasteiger partial charge in [-0.05, 0) is 25.5 Å². The lowest BCUT2D eigenvalue weighted by molar-refractivity contribution is 0.186. The van der Waals surface area contributed by atoms with Gasteiger partial charge in [0.1, 0.15) is 16.4 Å². The Kier molecular flexibility index (Phi) is 4.71. The predicted octanol–water partition coefficient (Wildman–Crippen LogP) is 1.06. The fraction of sp³-hybridized carbons (Fsp3) is 0.308. The molecule has 0 saturated heterocycles. The fourth-order valence-electron chi connectivity index (χ4n) is 1.70. The van der Waals surface area contributed by atoms with Crippen LogP contribution in [-0.4, -0.2) is 36.0 Å². The van der Waals surface area contributed by atoms with Crippen molar-refractivity contribution >= 4 is 10.0 Å². The molecule has 2 aromatic rings. The minimum Gasteiger partial charge on any atom is -0.393 e. The number of para-hydroxylation sites is 1. The van der Waals surface area contributed by atoms with Gasteiger partial charge in [-0.2, -0.15) is 5.10 Å². The Labute approximate surface area is 122 Å². The molecule has 1 unspecified atom stereocenters. The molecule has 2 N–H and O–H groups in total. The highest BCUT2D eigenvalue weighted by molar-refractivity contribution is 7.89. The van der Waals surface area contributed by atoms with E-state index in [4.69, 9.17) is 5.11 Å². The number of sulfonamides is 1. The van der Waals surface area contributed by atoms with Gasteiger partial charge >= 0.3 is 0 Å². The van der Waals surface area contributed by atoms with Crippen LogP contribution < -0.4 is 4.72 Å². The van der Waals surface area contributed by atoms with E-state index in [1.165, 1.54) is 29.1 Å². The number of aromatic nitrogens is 2. The van der Waals surface area contributed by atoms with Crippen molar-refractivity contribution in [2.45, 2.75) is 24.3 Å². The van der Waals surface area contributed by atoms with E-state index in [2.05, 4.69) is 9.82 Å². The van der Waals surface area contributed by atoms with Crippen molar-refractivity contribution < 1.29 is 17.9 Å². The maximum Gasteiger partial charge on any atom is 0.243 e. The van der Waals surface area contributed by atoms with Crippen LogP contribution in [0.5, 0.6) is 0 Å². The Morgan fingerprint density at radius 2 is 2.14 bits per heavy atom. The molecule has 0 bridgehead atoms. The maximum absolute atomic E-state index is 13.6. The first-order valence-electron chi connectivity index (χ1n) is 6.37. The van der Waals surface area contributed by atoms with E-state index in [1.54, 1.807) is 13.0 Å². The normalized spacial score (nSPS) is 13.3. The van der Waals surface area contributed by atoms with Crippen LogP contribution in [0.3, 0.4) is 0 Å². The molecule has 2 rings (SSSR count). The molecule has 0 radical (unpaired) electrons. The average Bonchev–Trinajstić information content (AvgIpc) is 2.88. The van der Waals surface area contributed by atoms with Gasteiger partial charge in [0.15, 0.2) is 0 Å². The molecule has 1 aromatic carbocycles. The number of hydrogen-bond acceptors (Lipinski definition) is 4. The lowest BCUT2D eigenvalue weighted by Gasteiger charge is -2.06. The summed E-state index contributed by atoms with van der Waals surface area (Å²) in [5.41, 5.74) is 0.169. The van der Waals surface area contributed by atoms with Crippen molar-refractivity contribution in [3.05, 3.63) is 42.5 Å². The van der Waals surface area contributed by atoms with E-state index in [-0.39, 0.29) is 17.1 Å². The molecule has 0 aliphatic rings. The molecular weight excluding hydrogens is 297 g/mol. The lowest BCUT2D eigenvalue weighted by Crippen LogP contribution is -2.26. The Hall–Kier alpha value is -1.77. The van der Waals surface area contributed by atoms with Crippen LogP contribution in [-0.2, 0) is 10.0 Å². The zero-order valence-electron chi connectivity index (χ0n) is 11.4. The Balaban J connectivity index is 2.18. The summed E-state index contributed by atoms with van der Waals surface area (Å²) < 4.78 is 41.1. The number of aliphatic hydroxyl groups is 1. The summed E-state index contributed by atoms with van der Waals surface area (Å²) in [6.07, 6.45) is 2.11. The summed E-state index contributed by atoms with van der Waals surface area (Å²) in [4.78, 5) is -0.0589. The molecule has 21 heavy (non-hydrogen) atoms. The number of aliphatic hydroxyl groups excluding tert-OH is 1. The molecule has 1 atom stereocenters. The average molecular weight is 313 g/mol. The van der Waals surface area contributed by atoms with Gasteiger partial charge in [0.2, 0.25) is 10.0 Å². The first-order valence-corrected chi connectivity index (χ1v) is 7.86. The molecule has 0 aliphatic heterocycles. The van der Waals surface area contributed by atoms with Crippen LogP contribution in [0.15, 0.2) is 41.6 Å². The molecule has 0 fully saturated rings. The van der Waals surface area contributed by atoms with E-state index >= 15 is 0 Å². The third-order valence-electron chi connectivity index (χ3n) is 2.82. The second kappa shape index (κ2) is 6.33. The second-order valence-electron chi connectivity index (χ2n) is 4.61. The van der Waals surface area contributed by atoms with E-state index in [9.17, 15) is 12.8 Å². The third-order valence-corrected chi connectivity index (χ3v) is 4.24. The molecular formula is C13H16FN3O3S. The highest BCUT2D eigenvalue weighted by Gasteiger charge is 2.17. The zero-order valence-corrected chi connectivity index (χ0v) is 12.2. The summed E-state index contributed by atoms with van der Waals surface area (Å²) in [5.74, 6) is -0.494. The highest BCUT2D eigenvalue weighted by Crippen LogP contribution is 2.15. The van der Waals surface area contributed by atoms with Crippen molar-refractivity contribution in [2.75, 3.05) is 6.54 Å². The van der Waals surface area contributed by atoms with Gasteiger partial charge in [0.25, 0.3) is 0 Å². The van der Waals surface area contributed by atoms with Crippen molar-refractivity contribution in [3.8, 4) is 5.69 Å². The van der Waals surface area contributed by atoms with Gasteiger partial charge < -0.3 is 5.11 Å². The van der Waals surface area contributed by atoms with E-state index in [1.807, 2.05) is 0 Å². The molecule has 1 aromatic heterocycles. The number of nitrogens with zero attached hydrogens (tertiary/aromatic N) is 2. The lowest BCUT2D eigenvalue weighted by atomic mass is 10.3. The van der Waals surface area contributed by atoms with Crippen molar-refractivity contribution in [1.82, 2.24) is 14.5 Å². The smallest absolute Gasteiger partial charge is 0.243 e. The monoisotopic (exact) mass is 313 g/mol. The molecule has 1 heterocycles. The van der Waals surface area contributed by atoms with Crippen LogP contribution in [0.1, 0.15) is 13.3 Å². The Morgan fingerprint density at radius 1 is 1.43 bits per heavy atom. The van der Waals surface area contributed by atoms with Crippen LogP contribution in [0.4, 0.5) is 4.39 Å². The first-order chi connectivity index (χ1) is 9.90. The van der Waals surface area contributed by atoms with Gasteiger partial charge in [-0.1, -0.05) is 12.1 Å². The van der Waals surface area contributed by atoms with E-state index in [0.717, 1.165) is 6.20 Å². The second-order valence-corrected chi connectivity index (χ2v) is 6.37. The van der Waals surface area contributed by atoms with Gasteiger partial charge in [0, 0.05) is 6.54 Å². The fourth-order valence-corrected chi connectivity index (χ4v) is 2.68. The van der Waals surface area contributed by atoms with Crippen LogP contribution in [0.25, 0.3) is 5.69 Å². The van der Waals surface area contributed by atoms with Gasteiger partial charge in [-0.25, -0.2) is 22.2 Å². The van der Waals surface area contributed by atoms with Crippen molar-refractivity contribution in [2.24, 2.45) is 0 Å². The summed E-state index contributed by atoms with van der Waals surface area (Å²) in [5, 5.41) is 13.0. The summed E-state index contributed by atoms with van der Waals surface area (Å²) in [6, 6.07) is 5.94. The van der Waals surface area contributed by atoms with Gasteiger partial charge in [-0.15, -0.1) is 0 Å². The highest BCUT2D eigenvalue weighted by atomic mass is 32.2. The van der Waals surface area contributed by atoms with E-state index < -0.39 is 21.9 Å². The van der Waals surface area contributed by atoms with Crippen LogP contribution >= 0.6 is 0 Å². The van der Waals surface area contributed by atoms with E-state index in [0.29, 0.717) is 6.42 Å². The summed E-state index contributed by atoms with van der Waals surface area (Å²) >= 11 is 0. The number of rotatable bonds is 6. The number of nitrogens with one attached hydrogen (secondary N) is 1. The molecule has 0 saturated carbocycles. The molecule has 6 nitrogen and oxygen atoms in total. The molecule has 0 amide bonds. The van der Waals surface area contributed by atoms with Crippen molar-refractivity contribution in [1.29, 1.82) is 0 Å². The summed E-state index contributed by atoms with van der Waals surface area (Å²) in [7, 11) is -3.72. The Morgan fingerprint density at radius 3 is 2.81 bits per heavy atom. The molecule has 114 valence electrons. The first kappa shape index (κ1) is 15.6.